The topological polar surface area (TPSA) is 50.7 Å². The summed E-state index contributed by atoms with van der Waals surface area (Å²) in [4.78, 5) is 4.71. The summed E-state index contributed by atoms with van der Waals surface area (Å²) in [5.41, 5.74) is 1.18. The van der Waals surface area contributed by atoms with Gasteiger partial charge in [0.05, 0.1) is 18.7 Å². The second-order valence-corrected chi connectivity index (χ2v) is 7.34. The van der Waals surface area contributed by atoms with Gasteiger partial charge >= 0.3 is 0 Å². The van der Waals surface area contributed by atoms with Gasteiger partial charge in [0.2, 0.25) is 0 Å². The van der Waals surface area contributed by atoms with Gasteiger partial charge in [-0.3, -0.25) is 0 Å². The van der Waals surface area contributed by atoms with Gasteiger partial charge in [-0.25, -0.2) is 0 Å². The summed E-state index contributed by atoms with van der Waals surface area (Å²) in [5.74, 6) is 2.44. The van der Waals surface area contributed by atoms with Crippen molar-refractivity contribution in [1.82, 2.24) is 15.1 Å². The molecular weight excluding hydrogens is 396 g/mol. The zero-order valence-electron chi connectivity index (χ0n) is 15.5. The molecule has 1 aliphatic heterocycles. The molecule has 3 rings (SSSR count). The van der Waals surface area contributed by atoms with Crippen molar-refractivity contribution in [3.63, 3.8) is 0 Å². The van der Waals surface area contributed by atoms with Crippen molar-refractivity contribution in [3.05, 3.63) is 40.5 Å². The molecule has 2 heterocycles. The van der Waals surface area contributed by atoms with Crippen molar-refractivity contribution in [3.8, 4) is 11.5 Å². The SMILES string of the molecule is COc1ccc(CN(C)CC2CCCN2c2cccnn2)c(Br)c1OC. The number of likely N-dealkylation sites (N-methyl/N-ethyl adjacent to an activating group) is 1. The van der Waals surface area contributed by atoms with Crippen molar-refractivity contribution in [1.29, 1.82) is 0 Å². The van der Waals surface area contributed by atoms with Crippen LogP contribution in [0.5, 0.6) is 11.5 Å². The number of anilines is 1. The van der Waals surface area contributed by atoms with E-state index in [4.69, 9.17) is 9.47 Å². The van der Waals surface area contributed by atoms with E-state index < -0.39 is 0 Å². The number of hydrogen-bond acceptors (Lipinski definition) is 6. The molecule has 0 amide bonds. The van der Waals surface area contributed by atoms with Gasteiger partial charge in [0.25, 0.3) is 0 Å². The number of nitrogens with zero attached hydrogens (tertiary/aromatic N) is 4. The average molecular weight is 421 g/mol. The van der Waals surface area contributed by atoms with Crippen LogP contribution in [-0.2, 0) is 6.54 Å². The Bertz CT molecular complexity index is 729. The number of hydrogen-bond donors (Lipinski definition) is 0. The molecular formula is C19H25BrN4O2. The van der Waals surface area contributed by atoms with E-state index in [2.05, 4.69) is 49.0 Å². The van der Waals surface area contributed by atoms with Crippen LogP contribution in [0.2, 0.25) is 0 Å². The molecule has 1 atom stereocenters. The average Bonchev–Trinajstić information content (AvgIpc) is 3.11. The highest BCUT2D eigenvalue weighted by Gasteiger charge is 2.27. The zero-order chi connectivity index (χ0) is 18.5. The molecule has 0 aliphatic carbocycles. The lowest BCUT2D eigenvalue weighted by Crippen LogP contribution is -2.39. The normalized spacial score (nSPS) is 17.0. The van der Waals surface area contributed by atoms with Crippen molar-refractivity contribution >= 4 is 21.7 Å². The van der Waals surface area contributed by atoms with E-state index in [-0.39, 0.29) is 0 Å². The molecule has 0 bridgehead atoms. The zero-order valence-corrected chi connectivity index (χ0v) is 17.1. The quantitative estimate of drug-likeness (QED) is 0.684. The maximum atomic E-state index is 5.48. The minimum atomic E-state index is 0.454. The van der Waals surface area contributed by atoms with Gasteiger partial charge in [-0.05, 0) is 59.6 Å². The number of aromatic nitrogens is 2. The first-order valence-corrected chi connectivity index (χ1v) is 9.55. The Morgan fingerprint density at radius 3 is 2.81 bits per heavy atom. The Hall–Kier alpha value is -1.86. The fourth-order valence-corrected chi connectivity index (χ4v) is 4.16. The Morgan fingerprint density at radius 1 is 1.27 bits per heavy atom. The molecule has 6 nitrogen and oxygen atoms in total. The van der Waals surface area contributed by atoms with Crippen LogP contribution in [-0.4, -0.2) is 55.5 Å². The molecule has 0 N–H and O–H groups in total. The molecule has 1 aromatic carbocycles. The van der Waals surface area contributed by atoms with Crippen molar-refractivity contribution < 1.29 is 9.47 Å². The lowest BCUT2D eigenvalue weighted by atomic mass is 10.1. The second-order valence-electron chi connectivity index (χ2n) is 6.54. The molecule has 140 valence electrons. The summed E-state index contributed by atoms with van der Waals surface area (Å²) >= 11 is 3.66. The van der Waals surface area contributed by atoms with E-state index in [1.165, 1.54) is 18.4 Å². The lowest BCUT2D eigenvalue weighted by Gasteiger charge is -2.29. The first kappa shape index (κ1) is 18.9. The van der Waals surface area contributed by atoms with Crippen molar-refractivity contribution in [2.24, 2.45) is 0 Å². The maximum Gasteiger partial charge on any atom is 0.175 e. The third-order valence-electron chi connectivity index (χ3n) is 4.76. The molecule has 1 fully saturated rings. The summed E-state index contributed by atoms with van der Waals surface area (Å²) < 4.78 is 11.8. The van der Waals surface area contributed by atoms with Gasteiger partial charge in [-0.2, -0.15) is 5.10 Å². The van der Waals surface area contributed by atoms with Crippen LogP contribution in [0.25, 0.3) is 0 Å². The van der Waals surface area contributed by atoms with E-state index in [0.717, 1.165) is 41.4 Å². The maximum absolute atomic E-state index is 5.48. The highest BCUT2D eigenvalue weighted by Crippen LogP contribution is 2.38. The first-order valence-electron chi connectivity index (χ1n) is 8.76. The minimum Gasteiger partial charge on any atom is -0.493 e. The monoisotopic (exact) mass is 420 g/mol. The van der Waals surface area contributed by atoms with Gasteiger partial charge in [-0.15, -0.1) is 5.10 Å². The van der Waals surface area contributed by atoms with Gasteiger partial charge in [0, 0.05) is 31.9 Å². The summed E-state index contributed by atoms with van der Waals surface area (Å²) in [6, 6.07) is 8.47. The highest BCUT2D eigenvalue weighted by atomic mass is 79.9. The standard InChI is InChI=1S/C19H25BrN4O2/c1-23(12-14-8-9-16(25-2)19(26-3)18(14)20)13-15-6-5-11-24(15)17-7-4-10-21-22-17/h4,7-10,15H,5-6,11-13H2,1-3H3. The summed E-state index contributed by atoms with van der Waals surface area (Å²) in [6.07, 6.45) is 4.08. The summed E-state index contributed by atoms with van der Waals surface area (Å²) in [5, 5.41) is 8.30. The molecule has 1 aromatic heterocycles. The molecule has 2 aromatic rings. The Balaban J connectivity index is 1.68. The van der Waals surface area contributed by atoms with Crippen LogP contribution < -0.4 is 14.4 Å². The van der Waals surface area contributed by atoms with E-state index in [1.54, 1.807) is 20.4 Å². The van der Waals surface area contributed by atoms with Crippen molar-refractivity contribution in [2.45, 2.75) is 25.4 Å². The van der Waals surface area contributed by atoms with E-state index in [0.29, 0.717) is 6.04 Å². The molecule has 0 radical (unpaired) electrons. The van der Waals surface area contributed by atoms with E-state index in [1.807, 2.05) is 18.2 Å². The third kappa shape index (κ3) is 4.10. The van der Waals surface area contributed by atoms with Crippen LogP contribution in [0, 0.1) is 0 Å². The van der Waals surface area contributed by atoms with Crippen LogP contribution in [0.3, 0.4) is 0 Å². The first-order chi connectivity index (χ1) is 12.6. The van der Waals surface area contributed by atoms with Crippen LogP contribution in [0.4, 0.5) is 5.82 Å². The van der Waals surface area contributed by atoms with Gasteiger partial charge in [-0.1, -0.05) is 6.07 Å². The predicted molar refractivity (Wildman–Crippen MR) is 106 cm³/mol. The summed E-state index contributed by atoms with van der Waals surface area (Å²) in [6.45, 7) is 2.83. The van der Waals surface area contributed by atoms with Crippen molar-refractivity contribution in [2.75, 3.05) is 39.3 Å². The molecule has 1 unspecified atom stereocenters. The van der Waals surface area contributed by atoms with Crippen LogP contribution >= 0.6 is 15.9 Å². The molecule has 26 heavy (non-hydrogen) atoms. The molecule has 7 heteroatoms. The minimum absolute atomic E-state index is 0.454. The Morgan fingerprint density at radius 2 is 2.12 bits per heavy atom. The van der Waals surface area contributed by atoms with E-state index >= 15 is 0 Å². The fourth-order valence-electron chi connectivity index (χ4n) is 3.54. The van der Waals surface area contributed by atoms with Gasteiger partial charge < -0.3 is 19.3 Å². The molecule has 0 saturated carbocycles. The van der Waals surface area contributed by atoms with Gasteiger partial charge in [0.1, 0.15) is 0 Å². The number of rotatable bonds is 7. The van der Waals surface area contributed by atoms with E-state index in [9.17, 15) is 0 Å². The second kappa shape index (κ2) is 8.68. The Kier molecular flexibility index (Phi) is 6.32. The number of methoxy groups -OCH3 is 2. The molecule has 0 spiro atoms. The molecule has 1 aliphatic rings. The number of halogens is 1. The van der Waals surface area contributed by atoms with Crippen LogP contribution in [0.1, 0.15) is 18.4 Å². The predicted octanol–water partition coefficient (Wildman–Crippen LogP) is 3.36. The lowest BCUT2D eigenvalue weighted by molar-refractivity contribution is 0.300. The smallest absolute Gasteiger partial charge is 0.175 e. The Labute approximate surface area is 163 Å². The largest absolute Gasteiger partial charge is 0.493 e. The fraction of sp³-hybridized carbons (Fsp3) is 0.474. The number of benzene rings is 1. The summed E-state index contributed by atoms with van der Waals surface area (Å²) in [7, 11) is 5.46. The van der Waals surface area contributed by atoms with Crippen LogP contribution in [0.15, 0.2) is 34.9 Å². The highest BCUT2D eigenvalue weighted by molar-refractivity contribution is 9.10. The molecule has 1 saturated heterocycles. The number of ether oxygens (including phenoxy) is 2. The van der Waals surface area contributed by atoms with Gasteiger partial charge in [0.15, 0.2) is 17.3 Å². The third-order valence-corrected chi connectivity index (χ3v) is 5.63.